The highest BCUT2D eigenvalue weighted by molar-refractivity contribution is 5.88. The number of fused-ring (bicyclic) bond motifs is 2. The number of nitrogens with two attached hydrogens (primary N) is 1. The van der Waals surface area contributed by atoms with E-state index in [1.807, 2.05) is 23.9 Å². The molecule has 1 unspecified atom stereocenters. The topological polar surface area (TPSA) is 99.4 Å². The Morgan fingerprint density at radius 1 is 1.09 bits per heavy atom. The molecule has 0 aliphatic carbocycles. The first-order valence-electron chi connectivity index (χ1n) is 11.9. The number of aryl methyl sites for hydroxylation is 1. The lowest BCUT2D eigenvalue weighted by atomic mass is 10.1. The van der Waals surface area contributed by atoms with Crippen LogP contribution in [0.4, 0.5) is 5.82 Å². The van der Waals surface area contributed by atoms with Gasteiger partial charge in [0.15, 0.2) is 5.65 Å². The van der Waals surface area contributed by atoms with Crippen molar-refractivity contribution in [2.45, 2.75) is 26.4 Å². The second-order valence-electron chi connectivity index (χ2n) is 9.05. The van der Waals surface area contributed by atoms with E-state index in [9.17, 15) is 0 Å². The fraction of sp³-hybridized carbons (Fsp3) is 0.308. The highest BCUT2D eigenvalue weighted by Gasteiger charge is 2.24. The first-order chi connectivity index (χ1) is 17.1. The lowest BCUT2D eigenvalue weighted by Gasteiger charge is -2.26. The van der Waals surface area contributed by atoms with Gasteiger partial charge in [-0.1, -0.05) is 6.07 Å². The molecule has 1 fully saturated rings. The Balaban J connectivity index is 1.47. The predicted octanol–water partition coefficient (Wildman–Crippen LogP) is 3.47. The minimum atomic E-state index is -0.0971. The van der Waals surface area contributed by atoms with E-state index in [4.69, 9.17) is 20.6 Å². The standard InChI is InChI=1S/C26H28N8O/c1-17-23-25(27)29-16-30-26(23)34(31-17)18(2)21-14-20-5-3-4-8-33(20)24(21)22-13-19(6-7-28-22)15-32-9-11-35-12-10-32/h3-8,13-14,16,18H,9-12,15H2,1-2H3,(H2,27,29,30). The summed E-state index contributed by atoms with van der Waals surface area (Å²) in [6, 6.07) is 12.6. The van der Waals surface area contributed by atoms with Gasteiger partial charge < -0.3 is 14.9 Å². The highest BCUT2D eigenvalue weighted by Crippen LogP contribution is 2.35. The van der Waals surface area contributed by atoms with Crippen LogP contribution < -0.4 is 5.73 Å². The summed E-state index contributed by atoms with van der Waals surface area (Å²) >= 11 is 0. The van der Waals surface area contributed by atoms with Crippen molar-refractivity contribution in [3.8, 4) is 11.4 Å². The maximum absolute atomic E-state index is 6.15. The molecule has 2 N–H and O–H groups in total. The van der Waals surface area contributed by atoms with Crippen molar-refractivity contribution in [3.63, 3.8) is 0 Å². The van der Waals surface area contributed by atoms with Crippen molar-refractivity contribution in [2.75, 3.05) is 32.0 Å². The van der Waals surface area contributed by atoms with Crippen LogP contribution in [0.1, 0.15) is 29.8 Å². The smallest absolute Gasteiger partial charge is 0.164 e. The third kappa shape index (κ3) is 3.82. The largest absolute Gasteiger partial charge is 0.383 e. The molecule has 9 heteroatoms. The average molecular weight is 469 g/mol. The Hall–Kier alpha value is -3.82. The number of aromatic nitrogens is 6. The van der Waals surface area contributed by atoms with Gasteiger partial charge in [-0.2, -0.15) is 5.10 Å². The molecule has 0 amide bonds. The maximum atomic E-state index is 6.15. The van der Waals surface area contributed by atoms with Gasteiger partial charge in [-0.3, -0.25) is 9.88 Å². The number of pyridine rings is 2. The van der Waals surface area contributed by atoms with Crippen LogP contribution in [-0.4, -0.2) is 60.3 Å². The molecular weight excluding hydrogens is 440 g/mol. The van der Waals surface area contributed by atoms with Crippen molar-refractivity contribution in [1.82, 2.24) is 34.0 Å². The van der Waals surface area contributed by atoms with E-state index in [-0.39, 0.29) is 6.04 Å². The fourth-order valence-electron chi connectivity index (χ4n) is 5.02. The summed E-state index contributed by atoms with van der Waals surface area (Å²) in [5.41, 5.74) is 13.2. The summed E-state index contributed by atoms with van der Waals surface area (Å²) in [6.45, 7) is 8.43. The molecule has 0 bridgehead atoms. The van der Waals surface area contributed by atoms with Crippen molar-refractivity contribution >= 4 is 22.4 Å². The molecule has 0 aromatic carbocycles. The molecule has 1 aliphatic rings. The van der Waals surface area contributed by atoms with Crippen LogP contribution in [0.3, 0.4) is 0 Å². The number of ether oxygens (including phenoxy) is 1. The molecule has 0 spiro atoms. The van der Waals surface area contributed by atoms with Crippen molar-refractivity contribution in [2.24, 2.45) is 0 Å². The molecule has 1 saturated heterocycles. The lowest BCUT2D eigenvalue weighted by molar-refractivity contribution is 0.0342. The molecule has 35 heavy (non-hydrogen) atoms. The van der Waals surface area contributed by atoms with Crippen LogP contribution in [-0.2, 0) is 11.3 Å². The number of nitrogens with zero attached hydrogens (tertiary/aromatic N) is 7. The first-order valence-corrected chi connectivity index (χ1v) is 11.9. The van der Waals surface area contributed by atoms with E-state index < -0.39 is 0 Å². The lowest BCUT2D eigenvalue weighted by Crippen LogP contribution is -2.35. The van der Waals surface area contributed by atoms with Crippen molar-refractivity contribution < 1.29 is 4.74 Å². The summed E-state index contributed by atoms with van der Waals surface area (Å²) in [6.07, 6.45) is 5.49. The molecule has 0 saturated carbocycles. The zero-order chi connectivity index (χ0) is 23.9. The number of anilines is 1. The van der Waals surface area contributed by atoms with Crippen LogP contribution >= 0.6 is 0 Å². The van der Waals surface area contributed by atoms with E-state index in [2.05, 4.69) is 62.7 Å². The van der Waals surface area contributed by atoms with Gasteiger partial charge in [0.25, 0.3) is 0 Å². The molecule has 1 aliphatic heterocycles. The van der Waals surface area contributed by atoms with Gasteiger partial charge in [0.2, 0.25) is 0 Å². The Labute approximate surface area is 203 Å². The Bertz CT molecular complexity index is 1510. The van der Waals surface area contributed by atoms with E-state index in [1.54, 1.807) is 0 Å². The van der Waals surface area contributed by atoms with Crippen molar-refractivity contribution in [1.29, 1.82) is 0 Å². The normalized spacial score (nSPS) is 15.7. The zero-order valence-electron chi connectivity index (χ0n) is 19.9. The quantitative estimate of drug-likeness (QED) is 0.422. The molecule has 1 atom stereocenters. The predicted molar refractivity (Wildman–Crippen MR) is 135 cm³/mol. The molecule has 6 heterocycles. The summed E-state index contributed by atoms with van der Waals surface area (Å²) in [4.78, 5) is 15.9. The minimum absolute atomic E-state index is 0.0971. The summed E-state index contributed by atoms with van der Waals surface area (Å²) in [5, 5.41) is 5.61. The Morgan fingerprint density at radius 2 is 1.94 bits per heavy atom. The highest BCUT2D eigenvalue weighted by atomic mass is 16.5. The van der Waals surface area contributed by atoms with Gasteiger partial charge in [-0.15, -0.1) is 0 Å². The summed E-state index contributed by atoms with van der Waals surface area (Å²) in [5.74, 6) is 0.450. The zero-order valence-corrected chi connectivity index (χ0v) is 19.9. The van der Waals surface area contributed by atoms with Crippen LogP contribution in [0.25, 0.3) is 27.9 Å². The van der Waals surface area contributed by atoms with Crippen molar-refractivity contribution in [3.05, 3.63) is 71.9 Å². The van der Waals surface area contributed by atoms with Crippen LogP contribution in [0.5, 0.6) is 0 Å². The molecule has 0 radical (unpaired) electrons. The van der Waals surface area contributed by atoms with E-state index in [1.165, 1.54) is 11.9 Å². The SMILES string of the molecule is Cc1nn(C(C)c2cc3ccccn3c2-c2cc(CN3CCOCC3)ccn2)c2ncnc(N)c12. The number of hydrogen-bond donors (Lipinski definition) is 1. The monoisotopic (exact) mass is 468 g/mol. The van der Waals surface area contributed by atoms with Crippen LogP contribution in [0.2, 0.25) is 0 Å². The third-order valence-corrected chi connectivity index (χ3v) is 6.80. The maximum Gasteiger partial charge on any atom is 0.164 e. The number of morpholine rings is 1. The van der Waals surface area contributed by atoms with Crippen LogP contribution in [0.15, 0.2) is 55.1 Å². The molecule has 178 valence electrons. The number of rotatable bonds is 5. The number of hydrogen-bond acceptors (Lipinski definition) is 7. The summed E-state index contributed by atoms with van der Waals surface area (Å²) in [7, 11) is 0. The van der Waals surface area contributed by atoms with E-state index >= 15 is 0 Å². The fourth-order valence-corrected chi connectivity index (χ4v) is 5.02. The third-order valence-electron chi connectivity index (χ3n) is 6.80. The van der Waals surface area contributed by atoms with Gasteiger partial charge in [0.05, 0.1) is 41.7 Å². The van der Waals surface area contributed by atoms with E-state index in [0.717, 1.165) is 72.0 Å². The Kier molecular flexibility index (Phi) is 5.43. The van der Waals surface area contributed by atoms with E-state index in [0.29, 0.717) is 5.82 Å². The number of nitrogen functional groups attached to an aromatic ring is 1. The molecule has 9 nitrogen and oxygen atoms in total. The molecule has 6 rings (SSSR count). The van der Waals surface area contributed by atoms with Crippen LogP contribution in [0, 0.1) is 6.92 Å². The second-order valence-corrected chi connectivity index (χ2v) is 9.05. The first kappa shape index (κ1) is 21.7. The summed E-state index contributed by atoms with van der Waals surface area (Å²) < 4.78 is 9.66. The second kappa shape index (κ2) is 8.75. The molecule has 5 aromatic heterocycles. The Morgan fingerprint density at radius 3 is 2.80 bits per heavy atom. The minimum Gasteiger partial charge on any atom is -0.383 e. The molecule has 5 aromatic rings. The van der Waals surface area contributed by atoms with Gasteiger partial charge >= 0.3 is 0 Å². The van der Waals surface area contributed by atoms with Gasteiger partial charge in [0.1, 0.15) is 12.1 Å². The van der Waals surface area contributed by atoms with Gasteiger partial charge in [0, 0.05) is 43.1 Å². The van der Waals surface area contributed by atoms with Gasteiger partial charge in [-0.25, -0.2) is 14.6 Å². The average Bonchev–Trinajstić information content (AvgIpc) is 3.43. The van der Waals surface area contributed by atoms with Gasteiger partial charge in [-0.05, 0) is 49.7 Å². The molecular formula is C26H28N8O.